The predicted molar refractivity (Wildman–Crippen MR) is 147 cm³/mol. The maximum absolute atomic E-state index is 13.1. The van der Waals surface area contributed by atoms with Crippen LogP contribution >= 0.6 is 0 Å². The van der Waals surface area contributed by atoms with Gasteiger partial charge in [-0.2, -0.15) is 5.11 Å². The number of rotatable bonds is 8. The summed E-state index contributed by atoms with van der Waals surface area (Å²) in [5, 5.41) is 9.98. The zero-order valence-electron chi connectivity index (χ0n) is 21.7. The third kappa shape index (κ3) is 5.82. The number of fused-ring (bicyclic) bond motifs is 1. The van der Waals surface area contributed by atoms with E-state index in [1.807, 2.05) is 32.0 Å². The SMILES string of the molecule is CC(C)Oc1cc(NC(=O)[C@H]2CCC(N)=C(N=N)C2)cc(-c2cnc(NC3Cc4ccccc4C3)nc2)c1. The van der Waals surface area contributed by atoms with E-state index < -0.39 is 0 Å². The lowest BCUT2D eigenvalue weighted by Gasteiger charge is -2.22. The number of benzene rings is 2. The van der Waals surface area contributed by atoms with E-state index in [0.29, 0.717) is 48.0 Å². The Bertz CT molecular complexity index is 1340. The number of carbonyl (C=O) groups is 1. The Labute approximate surface area is 222 Å². The molecule has 1 aromatic heterocycles. The van der Waals surface area contributed by atoms with Gasteiger partial charge in [-0.25, -0.2) is 15.5 Å². The molecule has 0 radical (unpaired) electrons. The van der Waals surface area contributed by atoms with Crippen LogP contribution in [0, 0.1) is 11.4 Å². The first-order valence-corrected chi connectivity index (χ1v) is 13.0. The number of allylic oxidation sites excluding steroid dienone is 2. The Morgan fingerprint density at radius 2 is 1.79 bits per heavy atom. The predicted octanol–water partition coefficient (Wildman–Crippen LogP) is 5.45. The molecule has 0 fully saturated rings. The molecule has 2 aliphatic carbocycles. The molecule has 1 heterocycles. The molecular formula is C29H33N7O2. The van der Waals surface area contributed by atoms with E-state index in [1.165, 1.54) is 11.1 Å². The molecule has 5 N–H and O–H groups in total. The highest BCUT2D eigenvalue weighted by atomic mass is 16.5. The Morgan fingerprint density at radius 3 is 2.45 bits per heavy atom. The van der Waals surface area contributed by atoms with Crippen LogP contribution in [-0.4, -0.2) is 28.0 Å². The number of amides is 1. The normalized spacial score (nSPS) is 17.3. The second-order valence-corrected chi connectivity index (χ2v) is 10.2. The van der Waals surface area contributed by atoms with Crippen LogP contribution < -0.4 is 21.1 Å². The molecule has 3 aromatic rings. The highest BCUT2D eigenvalue weighted by Crippen LogP contribution is 2.32. The van der Waals surface area contributed by atoms with Crippen molar-refractivity contribution < 1.29 is 9.53 Å². The number of nitrogens with one attached hydrogen (secondary N) is 3. The summed E-state index contributed by atoms with van der Waals surface area (Å²) in [6.07, 6.45) is 7.01. The van der Waals surface area contributed by atoms with Gasteiger partial charge in [0.05, 0.1) is 11.8 Å². The van der Waals surface area contributed by atoms with Gasteiger partial charge in [0.1, 0.15) is 5.75 Å². The lowest BCUT2D eigenvalue weighted by atomic mass is 9.89. The number of carbonyl (C=O) groups excluding carboxylic acids is 1. The van der Waals surface area contributed by atoms with E-state index in [9.17, 15) is 4.79 Å². The van der Waals surface area contributed by atoms with Gasteiger partial charge in [-0.05, 0) is 68.4 Å². The molecule has 38 heavy (non-hydrogen) atoms. The molecule has 9 heteroatoms. The molecule has 2 aliphatic rings. The van der Waals surface area contributed by atoms with Crippen molar-refractivity contribution in [1.82, 2.24) is 9.97 Å². The van der Waals surface area contributed by atoms with Crippen LogP contribution in [0.4, 0.5) is 11.6 Å². The molecule has 0 saturated heterocycles. The topological polar surface area (TPSA) is 138 Å². The number of nitrogens with zero attached hydrogens (tertiary/aromatic N) is 3. The highest BCUT2D eigenvalue weighted by molar-refractivity contribution is 5.94. The van der Waals surface area contributed by atoms with Crippen LogP contribution in [0.5, 0.6) is 5.75 Å². The minimum absolute atomic E-state index is 0.0279. The molecule has 9 nitrogen and oxygen atoms in total. The third-order valence-electron chi connectivity index (χ3n) is 6.99. The van der Waals surface area contributed by atoms with Crippen molar-refractivity contribution in [2.24, 2.45) is 16.8 Å². The summed E-state index contributed by atoms with van der Waals surface area (Å²) in [4.78, 5) is 22.2. The summed E-state index contributed by atoms with van der Waals surface area (Å²) in [5.41, 5.74) is 19.4. The second kappa shape index (κ2) is 11.0. The molecule has 0 aliphatic heterocycles. The highest BCUT2D eigenvalue weighted by Gasteiger charge is 2.26. The van der Waals surface area contributed by atoms with Crippen LogP contribution in [0.3, 0.4) is 0 Å². The summed E-state index contributed by atoms with van der Waals surface area (Å²) in [7, 11) is 0. The quantitative estimate of drug-likeness (QED) is 0.297. The van der Waals surface area contributed by atoms with E-state index in [2.05, 4.69) is 50.0 Å². The van der Waals surface area contributed by atoms with E-state index >= 15 is 0 Å². The van der Waals surface area contributed by atoms with Gasteiger partial charge < -0.3 is 21.1 Å². The van der Waals surface area contributed by atoms with Crippen molar-refractivity contribution in [2.75, 3.05) is 10.6 Å². The summed E-state index contributed by atoms with van der Waals surface area (Å²) >= 11 is 0. The Morgan fingerprint density at radius 1 is 1.08 bits per heavy atom. The lowest BCUT2D eigenvalue weighted by molar-refractivity contribution is -0.120. The van der Waals surface area contributed by atoms with E-state index in [1.54, 1.807) is 12.4 Å². The number of nitrogens with two attached hydrogens (primary N) is 1. The Kier molecular flexibility index (Phi) is 7.35. The summed E-state index contributed by atoms with van der Waals surface area (Å²) < 4.78 is 5.97. The van der Waals surface area contributed by atoms with Crippen LogP contribution in [0.25, 0.3) is 11.1 Å². The van der Waals surface area contributed by atoms with Gasteiger partial charge in [0.15, 0.2) is 0 Å². The molecule has 0 bridgehead atoms. The van der Waals surface area contributed by atoms with Crippen molar-refractivity contribution in [2.45, 2.75) is 58.1 Å². The molecule has 0 spiro atoms. The van der Waals surface area contributed by atoms with Gasteiger partial charge in [-0.1, -0.05) is 24.3 Å². The average molecular weight is 512 g/mol. The van der Waals surface area contributed by atoms with Crippen molar-refractivity contribution in [3.05, 3.63) is 77.4 Å². The van der Waals surface area contributed by atoms with Crippen LogP contribution in [0.2, 0.25) is 0 Å². The number of hydrogen-bond donors (Lipinski definition) is 4. The zero-order valence-corrected chi connectivity index (χ0v) is 21.7. The van der Waals surface area contributed by atoms with E-state index in [0.717, 1.165) is 24.0 Å². The van der Waals surface area contributed by atoms with Gasteiger partial charge in [-0.3, -0.25) is 4.79 Å². The maximum atomic E-state index is 13.1. The number of ether oxygens (including phenoxy) is 1. The molecule has 2 aromatic carbocycles. The fourth-order valence-electron chi connectivity index (χ4n) is 5.10. The largest absolute Gasteiger partial charge is 0.491 e. The fourth-order valence-corrected chi connectivity index (χ4v) is 5.10. The minimum Gasteiger partial charge on any atom is -0.491 e. The monoisotopic (exact) mass is 511 g/mol. The van der Waals surface area contributed by atoms with Crippen LogP contribution in [-0.2, 0) is 17.6 Å². The molecule has 0 unspecified atom stereocenters. The van der Waals surface area contributed by atoms with Gasteiger partial charge in [0.2, 0.25) is 11.9 Å². The van der Waals surface area contributed by atoms with Gasteiger partial charge in [0, 0.05) is 53.8 Å². The number of hydrogen-bond acceptors (Lipinski definition) is 8. The average Bonchev–Trinajstić information content (AvgIpc) is 3.31. The van der Waals surface area contributed by atoms with Crippen molar-refractivity contribution in [1.29, 1.82) is 5.53 Å². The first kappa shape index (κ1) is 25.4. The minimum atomic E-state index is -0.292. The first-order chi connectivity index (χ1) is 18.4. The van der Waals surface area contributed by atoms with Crippen molar-refractivity contribution >= 4 is 17.5 Å². The molecule has 0 saturated carbocycles. The maximum Gasteiger partial charge on any atom is 0.227 e. The molecule has 196 valence electrons. The van der Waals surface area contributed by atoms with Crippen LogP contribution in [0.15, 0.2) is 71.4 Å². The lowest BCUT2D eigenvalue weighted by Crippen LogP contribution is -2.27. The van der Waals surface area contributed by atoms with Crippen LogP contribution in [0.1, 0.15) is 44.2 Å². The fraction of sp³-hybridized carbons (Fsp3) is 0.345. The van der Waals surface area contributed by atoms with Gasteiger partial charge in [0.25, 0.3) is 0 Å². The molecular weight excluding hydrogens is 478 g/mol. The van der Waals surface area contributed by atoms with Gasteiger partial charge in [-0.15, -0.1) is 0 Å². The zero-order chi connectivity index (χ0) is 26.6. The Balaban J connectivity index is 1.31. The molecule has 1 atom stereocenters. The van der Waals surface area contributed by atoms with Gasteiger partial charge >= 0.3 is 0 Å². The third-order valence-corrected chi connectivity index (χ3v) is 6.99. The summed E-state index contributed by atoms with van der Waals surface area (Å²) in [6, 6.07) is 14.4. The molecule has 1 amide bonds. The van der Waals surface area contributed by atoms with Crippen molar-refractivity contribution in [3.63, 3.8) is 0 Å². The van der Waals surface area contributed by atoms with E-state index in [4.69, 9.17) is 16.0 Å². The Hall–Kier alpha value is -4.27. The summed E-state index contributed by atoms with van der Waals surface area (Å²) in [6.45, 7) is 3.92. The smallest absolute Gasteiger partial charge is 0.227 e. The van der Waals surface area contributed by atoms with Crippen molar-refractivity contribution in [3.8, 4) is 16.9 Å². The van der Waals surface area contributed by atoms with E-state index in [-0.39, 0.29) is 24.0 Å². The second-order valence-electron chi connectivity index (χ2n) is 10.2. The first-order valence-electron chi connectivity index (χ1n) is 13.0. The molecule has 5 rings (SSSR count). The standard InChI is InChI=1S/C29H33N7O2/c1-17(2)38-25-12-21(11-24(14-25)34-28(37)20-7-8-26(30)27(13-20)36-31)22-15-32-29(33-16-22)35-23-9-18-5-3-4-6-19(18)10-23/h3-6,11-12,14-17,20,23,31H,7-10,13,30H2,1-2H3,(H,34,37)(H,32,33,35)/t20-/m0/s1. The number of aromatic nitrogens is 2. The number of anilines is 2. The summed E-state index contributed by atoms with van der Waals surface area (Å²) in [5.74, 6) is 0.822.